The number of nitrogens with one attached hydrogen (secondary N) is 2. The fraction of sp³-hybridized carbons (Fsp3) is 0.600. The first-order chi connectivity index (χ1) is 9.06. The third-order valence-electron chi connectivity index (χ3n) is 2.96. The van der Waals surface area contributed by atoms with Gasteiger partial charge < -0.3 is 20.1 Å². The minimum absolute atomic E-state index is 0.401. The summed E-state index contributed by atoms with van der Waals surface area (Å²) in [6, 6.07) is 6.77. The first kappa shape index (κ1) is 15.8. The highest BCUT2D eigenvalue weighted by atomic mass is 16.5. The lowest BCUT2D eigenvalue weighted by molar-refractivity contribution is 0.394. The van der Waals surface area contributed by atoms with Gasteiger partial charge >= 0.3 is 0 Å². The first-order valence-corrected chi connectivity index (χ1v) is 6.74. The predicted molar refractivity (Wildman–Crippen MR) is 79.0 cm³/mol. The molecule has 1 unspecified atom stereocenters. The molecule has 4 heteroatoms. The van der Waals surface area contributed by atoms with E-state index in [1.54, 1.807) is 14.2 Å². The molecule has 0 saturated carbocycles. The summed E-state index contributed by atoms with van der Waals surface area (Å²) in [4.78, 5) is 0. The van der Waals surface area contributed by atoms with Gasteiger partial charge in [-0.2, -0.15) is 0 Å². The van der Waals surface area contributed by atoms with Crippen molar-refractivity contribution in [3.8, 4) is 11.5 Å². The minimum atomic E-state index is 0.401. The van der Waals surface area contributed by atoms with Crippen molar-refractivity contribution in [1.29, 1.82) is 0 Å². The molecule has 0 fully saturated rings. The van der Waals surface area contributed by atoms with E-state index in [4.69, 9.17) is 9.47 Å². The van der Waals surface area contributed by atoms with E-state index in [1.807, 2.05) is 18.2 Å². The van der Waals surface area contributed by atoms with Crippen molar-refractivity contribution >= 4 is 0 Å². The fourth-order valence-electron chi connectivity index (χ4n) is 1.79. The number of benzene rings is 1. The predicted octanol–water partition coefficient (Wildman–Crippen LogP) is 2.18. The molecule has 0 aromatic heterocycles. The third kappa shape index (κ3) is 5.49. The Labute approximate surface area is 116 Å². The van der Waals surface area contributed by atoms with Crippen LogP contribution in [0, 0.1) is 0 Å². The van der Waals surface area contributed by atoms with Crippen molar-refractivity contribution in [3.63, 3.8) is 0 Å². The number of hydrogen-bond acceptors (Lipinski definition) is 4. The van der Waals surface area contributed by atoms with Crippen LogP contribution in [0.1, 0.15) is 26.3 Å². The normalized spacial score (nSPS) is 12.5. The highest BCUT2D eigenvalue weighted by Gasteiger charge is 2.07. The Morgan fingerprint density at radius 2 is 1.79 bits per heavy atom. The summed E-state index contributed by atoms with van der Waals surface area (Å²) in [5, 5.41) is 6.90. The van der Waals surface area contributed by atoms with E-state index in [0.717, 1.165) is 30.2 Å². The molecule has 0 aliphatic rings. The third-order valence-corrected chi connectivity index (χ3v) is 2.96. The maximum Gasteiger partial charge on any atom is 0.123 e. The molecule has 0 bridgehead atoms. The lowest BCUT2D eigenvalue weighted by Crippen LogP contribution is -2.38. The fourth-order valence-corrected chi connectivity index (χ4v) is 1.79. The zero-order valence-corrected chi connectivity index (χ0v) is 12.6. The Kier molecular flexibility index (Phi) is 6.67. The van der Waals surface area contributed by atoms with Crippen LogP contribution in [0.25, 0.3) is 0 Å². The van der Waals surface area contributed by atoms with Gasteiger partial charge in [-0.25, -0.2) is 0 Å². The molecule has 1 atom stereocenters. The van der Waals surface area contributed by atoms with Gasteiger partial charge in [0.1, 0.15) is 11.5 Å². The van der Waals surface area contributed by atoms with Crippen molar-refractivity contribution in [2.24, 2.45) is 0 Å². The Morgan fingerprint density at radius 1 is 1.05 bits per heavy atom. The summed E-state index contributed by atoms with van der Waals surface area (Å²) in [5.41, 5.74) is 1.11. The summed E-state index contributed by atoms with van der Waals surface area (Å²) < 4.78 is 10.6. The van der Waals surface area contributed by atoms with Crippen LogP contribution >= 0.6 is 0 Å². The van der Waals surface area contributed by atoms with Crippen LogP contribution < -0.4 is 20.1 Å². The second-order valence-corrected chi connectivity index (χ2v) is 5.02. The minimum Gasteiger partial charge on any atom is -0.497 e. The molecule has 0 heterocycles. The summed E-state index contributed by atoms with van der Waals surface area (Å²) in [6.07, 6.45) is 0. The van der Waals surface area contributed by atoms with E-state index in [2.05, 4.69) is 31.4 Å². The quantitative estimate of drug-likeness (QED) is 0.757. The molecular weight excluding hydrogens is 240 g/mol. The van der Waals surface area contributed by atoms with E-state index in [1.165, 1.54) is 0 Å². The maximum absolute atomic E-state index is 5.36. The number of methoxy groups -OCH3 is 2. The Morgan fingerprint density at radius 3 is 2.37 bits per heavy atom. The van der Waals surface area contributed by atoms with Gasteiger partial charge in [0, 0.05) is 30.7 Å². The van der Waals surface area contributed by atoms with Gasteiger partial charge in [0.2, 0.25) is 0 Å². The Hall–Kier alpha value is -1.26. The van der Waals surface area contributed by atoms with Gasteiger partial charge in [0.05, 0.1) is 14.2 Å². The SMILES string of the molecule is COc1ccc(OC)c(CNC(C)CNC(C)C)c1. The molecule has 0 radical (unpaired) electrons. The Balaban J connectivity index is 2.55. The van der Waals surface area contributed by atoms with E-state index in [0.29, 0.717) is 12.1 Å². The van der Waals surface area contributed by atoms with E-state index in [9.17, 15) is 0 Å². The molecule has 0 saturated heterocycles. The molecule has 1 aromatic carbocycles. The van der Waals surface area contributed by atoms with Crippen molar-refractivity contribution in [2.75, 3.05) is 20.8 Å². The molecule has 108 valence electrons. The second-order valence-electron chi connectivity index (χ2n) is 5.02. The summed E-state index contributed by atoms with van der Waals surface area (Å²) in [5.74, 6) is 1.74. The zero-order chi connectivity index (χ0) is 14.3. The smallest absolute Gasteiger partial charge is 0.123 e. The molecule has 1 rings (SSSR count). The molecule has 0 aliphatic carbocycles. The molecule has 4 nitrogen and oxygen atoms in total. The van der Waals surface area contributed by atoms with Crippen LogP contribution in [0.15, 0.2) is 18.2 Å². The standard InChI is InChI=1S/C15H26N2O2/c1-11(2)16-9-12(3)17-10-13-8-14(18-4)6-7-15(13)19-5/h6-8,11-12,16-17H,9-10H2,1-5H3. The summed E-state index contributed by atoms with van der Waals surface area (Å²) in [7, 11) is 3.36. The zero-order valence-electron chi connectivity index (χ0n) is 12.6. The number of hydrogen-bond donors (Lipinski definition) is 2. The number of rotatable bonds is 8. The van der Waals surface area contributed by atoms with Gasteiger partial charge in [-0.05, 0) is 25.1 Å². The van der Waals surface area contributed by atoms with Crippen LogP contribution in [-0.2, 0) is 6.54 Å². The van der Waals surface area contributed by atoms with Crippen LogP contribution in [-0.4, -0.2) is 32.8 Å². The van der Waals surface area contributed by atoms with Crippen LogP contribution in [0.5, 0.6) is 11.5 Å². The van der Waals surface area contributed by atoms with Gasteiger partial charge in [0.25, 0.3) is 0 Å². The summed E-state index contributed by atoms with van der Waals surface area (Å²) >= 11 is 0. The average molecular weight is 266 g/mol. The van der Waals surface area contributed by atoms with Crippen molar-refractivity contribution < 1.29 is 9.47 Å². The topological polar surface area (TPSA) is 42.5 Å². The van der Waals surface area contributed by atoms with E-state index >= 15 is 0 Å². The van der Waals surface area contributed by atoms with Crippen LogP contribution in [0.4, 0.5) is 0 Å². The lowest BCUT2D eigenvalue weighted by atomic mass is 10.1. The molecular formula is C15H26N2O2. The second kappa shape index (κ2) is 8.02. The first-order valence-electron chi connectivity index (χ1n) is 6.74. The number of ether oxygens (including phenoxy) is 2. The largest absolute Gasteiger partial charge is 0.497 e. The highest BCUT2D eigenvalue weighted by molar-refractivity contribution is 5.40. The van der Waals surface area contributed by atoms with Gasteiger partial charge in [-0.15, -0.1) is 0 Å². The van der Waals surface area contributed by atoms with E-state index < -0.39 is 0 Å². The van der Waals surface area contributed by atoms with E-state index in [-0.39, 0.29) is 0 Å². The van der Waals surface area contributed by atoms with Crippen molar-refractivity contribution in [3.05, 3.63) is 23.8 Å². The molecule has 1 aromatic rings. The van der Waals surface area contributed by atoms with Gasteiger partial charge in [-0.3, -0.25) is 0 Å². The van der Waals surface area contributed by atoms with Crippen LogP contribution in [0.2, 0.25) is 0 Å². The molecule has 0 amide bonds. The van der Waals surface area contributed by atoms with Gasteiger partial charge in [0.15, 0.2) is 0 Å². The monoisotopic (exact) mass is 266 g/mol. The maximum atomic E-state index is 5.36. The molecule has 2 N–H and O–H groups in total. The Bertz CT molecular complexity index is 380. The van der Waals surface area contributed by atoms with Crippen LogP contribution in [0.3, 0.4) is 0 Å². The van der Waals surface area contributed by atoms with Crippen molar-refractivity contribution in [2.45, 2.75) is 39.4 Å². The molecule has 0 aliphatic heterocycles. The van der Waals surface area contributed by atoms with Gasteiger partial charge in [-0.1, -0.05) is 13.8 Å². The molecule has 19 heavy (non-hydrogen) atoms. The summed E-state index contributed by atoms with van der Waals surface area (Å²) in [6.45, 7) is 8.18. The average Bonchev–Trinajstić information content (AvgIpc) is 2.42. The highest BCUT2D eigenvalue weighted by Crippen LogP contribution is 2.23. The molecule has 0 spiro atoms. The van der Waals surface area contributed by atoms with Crippen molar-refractivity contribution in [1.82, 2.24) is 10.6 Å². The lowest BCUT2D eigenvalue weighted by Gasteiger charge is -2.18.